The minimum atomic E-state index is -0.527. The van der Waals surface area contributed by atoms with Crippen LogP contribution in [-0.4, -0.2) is 22.4 Å². The molecular formula is C17H20N2O2S. The van der Waals surface area contributed by atoms with Crippen LogP contribution < -0.4 is 5.43 Å². The van der Waals surface area contributed by atoms with Crippen LogP contribution in [0, 0.1) is 6.92 Å². The SMILES string of the molecule is Cc1cccc(C(=O)NN(C(=O)c2cccs2)C(C)(C)C)c1. The fraction of sp³-hybridized carbons (Fsp3) is 0.294. The highest BCUT2D eigenvalue weighted by Gasteiger charge is 2.30. The first-order valence-corrected chi connectivity index (χ1v) is 7.93. The lowest BCUT2D eigenvalue weighted by molar-refractivity contribution is 0.0363. The van der Waals surface area contributed by atoms with Gasteiger partial charge in [-0.25, -0.2) is 5.01 Å². The van der Waals surface area contributed by atoms with Gasteiger partial charge in [0.1, 0.15) is 0 Å². The van der Waals surface area contributed by atoms with Crippen molar-refractivity contribution in [2.75, 3.05) is 0 Å². The molecule has 1 N–H and O–H groups in total. The zero-order chi connectivity index (χ0) is 16.3. The molecule has 4 nitrogen and oxygen atoms in total. The largest absolute Gasteiger partial charge is 0.282 e. The van der Waals surface area contributed by atoms with E-state index in [1.165, 1.54) is 16.3 Å². The molecule has 2 aromatic rings. The van der Waals surface area contributed by atoms with Gasteiger partial charge in [-0.2, -0.15) is 0 Å². The maximum atomic E-state index is 12.6. The zero-order valence-electron chi connectivity index (χ0n) is 13.2. The van der Waals surface area contributed by atoms with Crippen LogP contribution in [0.4, 0.5) is 0 Å². The summed E-state index contributed by atoms with van der Waals surface area (Å²) < 4.78 is 0. The molecule has 0 saturated carbocycles. The molecule has 0 saturated heterocycles. The van der Waals surface area contributed by atoms with Crippen LogP contribution in [0.5, 0.6) is 0 Å². The second-order valence-corrected chi connectivity index (χ2v) is 7.05. The Morgan fingerprint density at radius 3 is 2.41 bits per heavy atom. The Morgan fingerprint density at radius 1 is 1.14 bits per heavy atom. The van der Waals surface area contributed by atoms with Gasteiger partial charge in [-0.1, -0.05) is 23.8 Å². The van der Waals surface area contributed by atoms with Crippen LogP contribution in [0.3, 0.4) is 0 Å². The number of thiophene rings is 1. The van der Waals surface area contributed by atoms with Crippen molar-refractivity contribution in [1.82, 2.24) is 10.4 Å². The van der Waals surface area contributed by atoms with E-state index >= 15 is 0 Å². The van der Waals surface area contributed by atoms with E-state index in [-0.39, 0.29) is 11.8 Å². The van der Waals surface area contributed by atoms with Crippen LogP contribution in [0.15, 0.2) is 41.8 Å². The van der Waals surface area contributed by atoms with Crippen LogP contribution >= 0.6 is 11.3 Å². The number of aryl methyl sites for hydroxylation is 1. The van der Waals surface area contributed by atoms with E-state index < -0.39 is 5.54 Å². The molecule has 0 spiro atoms. The summed E-state index contributed by atoms with van der Waals surface area (Å²) in [6.45, 7) is 7.58. The third-order valence-corrected chi connectivity index (χ3v) is 3.96. The van der Waals surface area contributed by atoms with Crippen molar-refractivity contribution in [3.63, 3.8) is 0 Å². The molecule has 0 aliphatic rings. The monoisotopic (exact) mass is 316 g/mol. The molecule has 1 aromatic heterocycles. The van der Waals surface area contributed by atoms with Crippen LogP contribution in [0.1, 0.15) is 46.4 Å². The van der Waals surface area contributed by atoms with E-state index in [0.717, 1.165) is 5.56 Å². The second kappa shape index (κ2) is 6.32. The predicted octanol–water partition coefficient (Wildman–Crippen LogP) is 3.64. The summed E-state index contributed by atoms with van der Waals surface area (Å²) in [7, 11) is 0. The second-order valence-electron chi connectivity index (χ2n) is 6.10. The normalized spacial score (nSPS) is 11.1. The Hall–Kier alpha value is -2.14. The number of nitrogens with one attached hydrogen (secondary N) is 1. The molecule has 2 amide bonds. The van der Waals surface area contributed by atoms with Crippen LogP contribution in [0.2, 0.25) is 0 Å². The van der Waals surface area contributed by atoms with Gasteiger partial charge in [0.25, 0.3) is 11.8 Å². The average molecular weight is 316 g/mol. The lowest BCUT2D eigenvalue weighted by Gasteiger charge is -2.35. The lowest BCUT2D eigenvalue weighted by Crippen LogP contribution is -2.55. The predicted molar refractivity (Wildman–Crippen MR) is 88.9 cm³/mol. The van der Waals surface area contributed by atoms with E-state index in [2.05, 4.69) is 5.43 Å². The number of nitrogens with zero attached hydrogens (tertiary/aromatic N) is 1. The molecule has 0 bridgehead atoms. The van der Waals surface area contributed by atoms with Gasteiger partial charge in [-0.05, 0) is 51.3 Å². The molecule has 2 rings (SSSR count). The van der Waals surface area contributed by atoms with Crippen molar-refractivity contribution in [2.24, 2.45) is 0 Å². The number of amides is 2. The first-order chi connectivity index (χ1) is 10.3. The van der Waals surface area contributed by atoms with E-state index in [9.17, 15) is 9.59 Å². The molecule has 22 heavy (non-hydrogen) atoms. The quantitative estimate of drug-likeness (QED) is 0.860. The van der Waals surface area contributed by atoms with Crippen LogP contribution in [-0.2, 0) is 0 Å². The summed E-state index contributed by atoms with van der Waals surface area (Å²) in [6.07, 6.45) is 0. The van der Waals surface area contributed by atoms with Crippen molar-refractivity contribution in [3.8, 4) is 0 Å². The van der Waals surface area contributed by atoms with Gasteiger partial charge in [0.15, 0.2) is 0 Å². The summed E-state index contributed by atoms with van der Waals surface area (Å²) in [5, 5.41) is 3.24. The molecule has 0 unspecified atom stereocenters. The fourth-order valence-electron chi connectivity index (χ4n) is 1.99. The summed E-state index contributed by atoms with van der Waals surface area (Å²) in [5.41, 5.74) is 3.75. The number of rotatable bonds is 2. The molecular weight excluding hydrogens is 296 g/mol. The third kappa shape index (κ3) is 3.74. The van der Waals surface area contributed by atoms with E-state index in [1.54, 1.807) is 18.2 Å². The molecule has 1 heterocycles. The Bertz CT molecular complexity index is 672. The van der Waals surface area contributed by atoms with E-state index in [4.69, 9.17) is 0 Å². The van der Waals surface area contributed by atoms with Crippen molar-refractivity contribution in [2.45, 2.75) is 33.2 Å². The molecule has 1 aromatic carbocycles. The van der Waals surface area contributed by atoms with Gasteiger partial charge in [-0.3, -0.25) is 15.0 Å². The maximum absolute atomic E-state index is 12.6. The molecule has 0 atom stereocenters. The van der Waals surface area contributed by atoms with Gasteiger partial charge in [-0.15, -0.1) is 11.3 Å². The highest BCUT2D eigenvalue weighted by molar-refractivity contribution is 7.12. The van der Waals surface area contributed by atoms with Gasteiger partial charge in [0.2, 0.25) is 0 Å². The van der Waals surface area contributed by atoms with Crippen molar-refractivity contribution in [3.05, 3.63) is 57.8 Å². The lowest BCUT2D eigenvalue weighted by atomic mass is 10.1. The standard InChI is InChI=1S/C17H20N2O2S/c1-12-7-5-8-13(11-12)15(20)18-19(17(2,3)4)16(21)14-9-6-10-22-14/h5-11H,1-4H3,(H,18,20). The average Bonchev–Trinajstić information content (AvgIpc) is 2.96. The number of carbonyl (C=O) groups is 2. The number of carbonyl (C=O) groups excluding carboxylic acids is 2. The molecule has 0 fully saturated rings. The summed E-state index contributed by atoms with van der Waals surface area (Å²) >= 11 is 1.36. The first-order valence-electron chi connectivity index (χ1n) is 7.05. The Morgan fingerprint density at radius 2 is 1.86 bits per heavy atom. The van der Waals surface area contributed by atoms with Crippen LogP contribution in [0.25, 0.3) is 0 Å². The summed E-state index contributed by atoms with van der Waals surface area (Å²) in [5.74, 6) is -0.493. The smallest absolute Gasteiger partial charge is 0.267 e. The maximum Gasteiger partial charge on any atom is 0.282 e. The zero-order valence-corrected chi connectivity index (χ0v) is 14.0. The number of hydrogen-bond acceptors (Lipinski definition) is 3. The van der Waals surface area contributed by atoms with Gasteiger partial charge in [0, 0.05) is 5.56 Å². The number of hydrogen-bond donors (Lipinski definition) is 1. The first kappa shape index (κ1) is 16.2. The third-order valence-electron chi connectivity index (χ3n) is 3.10. The number of benzene rings is 1. The molecule has 0 radical (unpaired) electrons. The van der Waals surface area contributed by atoms with Gasteiger partial charge in [0.05, 0.1) is 10.4 Å². The minimum Gasteiger partial charge on any atom is -0.267 e. The van der Waals surface area contributed by atoms with Gasteiger partial charge >= 0.3 is 0 Å². The summed E-state index contributed by atoms with van der Waals surface area (Å²) in [4.78, 5) is 25.6. The Balaban J connectivity index is 2.24. The highest BCUT2D eigenvalue weighted by atomic mass is 32.1. The highest BCUT2D eigenvalue weighted by Crippen LogP contribution is 2.18. The molecule has 116 valence electrons. The Labute approximate surface area is 134 Å². The van der Waals surface area contributed by atoms with E-state index in [1.807, 2.05) is 51.3 Å². The Kier molecular flexibility index (Phi) is 4.66. The van der Waals surface area contributed by atoms with Crippen molar-refractivity contribution >= 4 is 23.2 Å². The van der Waals surface area contributed by atoms with Crippen molar-refractivity contribution < 1.29 is 9.59 Å². The molecule has 5 heteroatoms. The van der Waals surface area contributed by atoms with Gasteiger partial charge < -0.3 is 0 Å². The molecule has 0 aliphatic heterocycles. The van der Waals surface area contributed by atoms with E-state index in [0.29, 0.717) is 10.4 Å². The topological polar surface area (TPSA) is 49.4 Å². The summed E-state index contributed by atoms with van der Waals surface area (Å²) in [6, 6.07) is 10.9. The number of hydrazine groups is 1. The fourth-order valence-corrected chi connectivity index (χ4v) is 2.64. The minimum absolute atomic E-state index is 0.205. The van der Waals surface area contributed by atoms with Crippen molar-refractivity contribution in [1.29, 1.82) is 0 Å². The molecule has 0 aliphatic carbocycles.